The van der Waals surface area contributed by atoms with E-state index in [1.165, 1.54) is 0 Å². The lowest BCUT2D eigenvalue weighted by Crippen LogP contribution is -2.15. The van der Waals surface area contributed by atoms with Crippen LogP contribution in [0.2, 0.25) is 0 Å². The molecule has 1 unspecified atom stereocenters. The summed E-state index contributed by atoms with van der Waals surface area (Å²) in [5, 5.41) is -0.376. The zero-order valence-corrected chi connectivity index (χ0v) is 25.3. The van der Waals surface area contributed by atoms with Gasteiger partial charge in [0.05, 0.1) is 4.90 Å². The van der Waals surface area contributed by atoms with E-state index in [1.807, 2.05) is 84.9 Å². The molecule has 6 heteroatoms. The van der Waals surface area contributed by atoms with Gasteiger partial charge in [-0.05, 0) is 57.6 Å². The molecule has 1 atom stereocenters. The van der Waals surface area contributed by atoms with Crippen molar-refractivity contribution in [3.63, 3.8) is 0 Å². The first-order valence-electron chi connectivity index (χ1n) is 14.9. The Kier molecular flexibility index (Phi) is 6.97. The van der Waals surface area contributed by atoms with Gasteiger partial charge in [-0.3, -0.25) is 4.79 Å². The van der Waals surface area contributed by atoms with Crippen molar-refractivity contribution in [2.24, 2.45) is 0 Å². The van der Waals surface area contributed by atoms with E-state index in [0.29, 0.717) is 27.9 Å². The van der Waals surface area contributed by atoms with E-state index >= 15 is 0 Å². The molecule has 0 saturated heterocycles. The second-order valence-corrected chi connectivity index (χ2v) is 12.4. The van der Waals surface area contributed by atoms with Crippen LogP contribution >= 0.6 is 0 Å². The highest BCUT2D eigenvalue weighted by Crippen LogP contribution is 2.38. The Balaban J connectivity index is 1.25. The lowest BCUT2D eigenvalue weighted by molar-refractivity contribution is 0.108. The fourth-order valence-corrected chi connectivity index (χ4v) is 6.92. The van der Waals surface area contributed by atoms with Crippen LogP contribution in [0.5, 0.6) is 0 Å². The summed E-state index contributed by atoms with van der Waals surface area (Å²) < 4.78 is 13.1. The summed E-state index contributed by atoms with van der Waals surface area (Å²) in [7, 11) is -1.78. The zero-order chi connectivity index (χ0) is 31.0. The quantitative estimate of drug-likeness (QED) is 0.194. The van der Waals surface area contributed by atoms with Gasteiger partial charge >= 0.3 is 0 Å². The number of hydrogen-bond donors (Lipinski definition) is 0. The highest BCUT2D eigenvalue weighted by molar-refractivity contribution is 8.01. The van der Waals surface area contributed by atoms with Gasteiger partial charge in [-0.2, -0.15) is 0 Å². The Morgan fingerprint density at radius 2 is 0.761 bits per heavy atom. The number of benzene rings is 6. The molecule has 6 aromatic carbocycles. The van der Waals surface area contributed by atoms with Crippen LogP contribution in [0.25, 0.3) is 67.5 Å². The van der Waals surface area contributed by atoms with Crippen molar-refractivity contribution in [1.29, 1.82) is 0 Å². The molecule has 2 heterocycles. The largest absolute Gasteiger partial charge is 0.278 e. The summed E-state index contributed by atoms with van der Waals surface area (Å²) >= 11 is 0. The molecular formula is C40H25N3O2S. The molecule has 0 N–H and O–H groups in total. The standard InChI is InChI=1S/C40H25N3O2S/c44-40-34-14-8-7-13-33(34)35-25-32(23-24-36(35)46(40)45)39-42-37(30-19-15-28(16-20-30)26-9-3-1-4-10-26)41-38(43-39)31-21-17-29(18-22-31)27-11-5-2-6-12-27/h1-25H. The van der Waals surface area contributed by atoms with Crippen LogP contribution in [0.3, 0.4) is 0 Å². The van der Waals surface area contributed by atoms with E-state index in [9.17, 15) is 9.00 Å². The van der Waals surface area contributed by atoms with Crippen molar-refractivity contribution >= 4 is 15.9 Å². The molecule has 1 aliphatic heterocycles. The van der Waals surface area contributed by atoms with Gasteiger partial charge < -0.3 is 0 Å². The van der Waals surface area contributed by atoms with Gasteiger partial charge in [0.2, 0.25) is 0 Å². The van der Waals surface area contributed by atoms with Gasteiger partial charge in [-0.15, -0.1) is 0 Å². The van der Waals surface area contributed by atoms with Crippen molar-refractivity contribution in [1.82, 2.24) is 15.0 Å². The number of nitrogens with zero attached hydrogens (tertiary/aromatic N) is 3. The van der Waals surface area contributed by atoms with E-state index in [4.69, 9.17) is 15.0 Å². The minimum atomic E-state index is -1.78. The molecule has 0 saturated carbocycles. The highest BCUT2D eigenvalue weighted by Gasteiger charge is 2.29. The Morgan fingerprint density at radius 3 is 1.28 bits per heavy atom. The van der Waals surface area contributed by atoms with Gasteiger partial charge in [0.1, 0.15) is 10.8 Å². The maximum absolute atomic E-state index is 13.1. The predicted molar refractivity (Wildman–Crippen MR) is 183 cm³/mol. The van der Waals surface area contributed by atoms with Crippen molar-refractivity contribution < 1.29 is 9.00 Å². The van der Waals surface area contributed by atoms with Gasteiger partial charge in [-0.25, -0.2) is 19.2 Å². The van der Waals surface area contributed by atoms with E-state index in [0.717, 1.165) is 50.1 Å². The van der Waals surface area contributed by atoms with Crippen LogP contribution in [0.15, 0.2) is 157 Å². The molecule has 0 amide bonds. The molecule has 0 fully saturated rings. The third kappa shape index (κ3) is 5.05. The Hall–Kier alpha value is -5.85. The number of carbonyl (C=O) groups excluding carboxylic acids is 1. The molecule has 7 aromatic rings. The summed E-state index contributed by atoms with van der Waals surface area (Å²) in [6, 6.07) is 49.7. The average molecular weight is 612 g/mol. The molecule has 8 rings (SSSR count). The molecule has 46 heavy (non-hydrogen) atoms. The zero-order valence-electron chi connectivity index (χ0n) is 24.5. The van der Waals surface area contributed by atoms with Gasteiger partial charge in [0.25, 0.3) is 5.12 Å². The fraction of sp³-hybridized carbons (Fsp3) is 0. The van der Waals surface area contributed by atoms with E-state index < -0.39 is 10.8 Å². The minimum absolute atomic E-state index is 0.376. The lowest BCUT2D eigenvalue weighted by Gasteiger charge is -2.19. The van der Waals surface area contributed by atoms with E-state index in [2.05, 4.69) is 48.5 Å². The Morgan fingerprint density at radius 1 is 0.370 bits per heavy atom. The molecule has 1 aliphatic rings. The summed E-state index contributed by atoms with van der Waals surface area (Å²) in [6.45, 7) is 0. The molecule has 0 spiro atoms. The van der Waals surface area contributed by atoms with Gasteiger partial charge in [-0.1, -0.05) is 127 Å². The normalized spacial score (nSPS) is 13.6. The Bertz CT molecular complexity index is 2170. The van der Waals surface area contributed by atoms with Crippen LogP contribution in [0.1, 0.15) is 10.4 Å². The summed E-state index contributed by atoms with van der Waals surface area (Å²) in [6.07, 6.45) is 0. The Labute approximate surface area is 268 Å². The van der Waals surface area contributed by atoms with E-state index in [1.54, 1.807) is 18.2 Å². The topological polar surface area (TPSA) is 72.8 Å². The molecule has 0 bridgehead atoms. The minimum Gasteiger partial charge on any atom is -0.278 e. The van der Waals surface area contributed by atoms with Crippen LogP contribution < -0.4 is 0 Å². The van der Waals surface area contributed by atoms with Crippen molar-refractivity contribution in [2.75, 3.05) is 0 Å². The summed E-state index contributed by atoms with van der Waals surface area (Å²) in [4.78, 5) is 28.1. The molecule has 218 valence electrons. The van der Waals surface area contributed by atoms with Crippen LogP contribution in [-0.2, 0) is 10.8 Å². The van der Waals surface area contributed by atoms with Crippen LogP contribution in [0, 0.1) is 0 Å². The number of hydrogen-bond acceptors (Lipinski definition) is 5. The molecular weight excluding hydrogens is 587 g/mol. The molecule has 0 aliphatic carbocycles. The van der Waals surface area contributed by atoms with Crippen molar-refractivity contribution in [2.45, 2.75) is 4.90 Å². The van der Waals surface area contributed by atoms with Gasteiger partial charge in [0.15, 0.2) is 17.5 Å². The first-order valence-corrected chi connectivity index (χ1v) is 16.0. The summed E-state index contributed by atoms with van der Waals surface area (Å²) in [5.74, 6) is 1.58. The predicted octanol–water partition coefficient (Wildman–Crippen LogP) is 9.13. The number of aromatic nitrogens is 3. The molecule has 5 nitrogen and oxygen atoms in total. The maximum Gasteiger partial charge on any atom is 0.254 e. The fourth-order valence-electron chi connectivity index (χ4n) is 5.78. The number of rotatable bonds is 5. The number of carbonyl (C=O) groups is 1. The van der Waals surface area contributed by atoms with E-state index in [-0.39, 0.29) is 5.12 Å². The first kappa shape index (κ1) is 27.7. The summed E-state index contributed by atoms with van der Waals surface area (Å²) in [5.41, 5.74) is 8.90. The number of fused-ring (bicyclic) bond motifs is 3. The van der Waals surface area contributed by atoms with Crippen LogP contribution in [-0.4, -0.2) is 24.3 Å². The average Bonchev–Trinajstić information content (AvgIpc) is 3.14. The second-order valence-electron chi connectivity index (χ2n) is 11.0. The second kappa shape index (κ2) is 11.6. The monoisotopic (exact) mass is 611 g/mol. The van der Waals surface area contributed by atoms with Crippen molar-refractivity contribution in [3.05, 3.63) is 157 Å². The van der Waals surface area contributed by atoms with Gasteiger partial charge in [0, 0.05) is 22.3 Å². The maximum atomic E-state index is 13.1. The van der Waals surface area contributed by atoms with Crippen LogP contribution in [0.4, 0.5) is 0 Å². The highest BCUT2D eigenvalue weighted by atomic mass is 32.2. The third-order valence-electron chi connectivity index (χ3n) is 8.18. The SMILES string of the molecule is O=C1c2ccccc2-c2cc(-c3nc(-c4ccc(-c5ccccc5)cc4)nc(-c4ccc(-c5ccccc5)cc4)n3)ccc2S1=O. The smallest absolute Gasteiger partial charge is 0.254 e. The molecule has 0 radical (unpaired) electrons. The first-order chi connectivity index (χ1) is 22.6. The molecule has 1 aromatic heterocycles. The lowest BCUT2D eigenvalue weighted by atomic mass is 9.97. The third-order valence-corrected chi connectivity index (χ3v) is 9.49. The van der Waals surface area contributed by atoms with Crippen molar-refractivity contribution in [3.8, 4) is 67.5 Å².